The topological polar surface area (TPSA) is 64.3 Å². The fraction of sp³-hybridized carbons (Fsp3) is 0.588. The number of carbonyl (C=O) groups is 1. The molecule has 1 aliphatic rings. The highest BCUT2D eigenvalue weighted by Gasteiger charge is 2.37. The smallest absolute Gasteiger partial charge is 0.225 e. The number of methoxy groups -OCH3 is 1. The predicted molar refractivity (Wildman–Crippen MR) is 83.6 cm³/mol. The first-order valence-corrected chi connectivity index (χ1v) is 7.66. The SMILES string of the molecule is COCc1cccc(CNC(=O)C2CCCCC2(C)N)c1. The molecule has 3 N–H and O–H groups in total. The van der Waals surface area contributed by atoms with Crippen LogP contribution in [0.25, 0.3) is 0 Å². The highest BCUT2D eigenvalue weighted by Crippen LogP contribution is 2.31. The standard InChI is InChI=1S/C17H26N2O2/c1-17(18)9-4-3-8-15(17)16(20)19-11-13-6-5-7-14(10-13)12-21-2/h5-7,10,15H,3-4,8-9,11-12,18H2,1-2H3,(H,19,20). The molecule has 0 bridgehead atoms. The van der Waals surface area contributed by atoms with Crippen LogP contribution in [0.15, 0.2) is 24.3 Å². The van der Waals surface area contributed by atoms with Crippen LogP contribution in [-0.2, 0) is 22.7 Å². The third-order valence-electron chi connectivity index (χ3n) is 4.34. The maximum atomic E-state index is 12.4. The minimum Gasteiger partial charge on any atom is -0.380 e. The summed E-state index contributed by atoms with van der Waals surface area (Å²) in [5.74, 6) is 0.00486. The lowest BCUT2D eigenvalue weighted by atomic mass is 9.74. The Labute approximate surface area is 127 Å². The number of hydrogen-bond acceptors (Lipinski definition) is 3. The second-order valence-corrected chi connectivity index (χ2v) is 6.27. The molecule has 1 aromatic carbocycles. The molecule has 2 unspecified atom stereocenters. The molecule has 0 heterocycles. The molecule has 4 nitrogen and oxygen atoms in total. The zero-order chi connectivity index (χ0) is 15.3. The summed E-state index contributed by atoms with van der Waals surface area (Å²) in [6.07, 6.45) is 4.03. The van der Waals surface area contributed by atoms with Crippen molar-refractivity contribution in [3.63, 3.8) is 0 Å². The molecule has 1 saturated carbocycles. The molecule has 0 aromatic heterocycles. The maximum absolute atomic E-state index is 12.4. The molecule has 21 heavy (non-hydrogen) atoms. The van der Waals surface area contributed by atoms with Crippen LogP contribution in [0, 0.1) is 5.92 Å². The summed E-state index contributed by atoms with van der Waals surface area (Å²) < 4.78 is 5.13. The van der Waals surface area contributed by atoms with Crippen molar-refractivity contribution in [2.45, 2.75) is 51.3 Å². The number of nitrogens with two attached hydrogens (primary N) is 1. The third kappa shape index (κ3) is 4.29. The van der Waals surface area contributed by atoms with E-state index in [4.69, 9.17) is 10.5 Å². The molecular formula is C17H26N2O2. The first-order valence-electron chi connectivity index (χ1n) is 7.66. The molecular weight excluding hydrogens is 264 g/mol. The van der Waals surface area contributed by atoms with Gasteiger partial charge in [0.05, 0.1) is 12.5 Å². The minimum absolute atomic E-state index is 0.0755. The number of carbonyl (C=O) groups excluding carboxylic acids is 1. The third-order valence-corrected chi connectivity index (χ3v) is 4.34. The van der Waals surface area contributed by atoms with Crippen LogP contribution in [0.3, 0.4) is 0 Å². The normalized spacial score (nSPS) is 25.6. The number of benzene rings is 1. The van der Waals surface area contributed by atoms with Gasteiger partial charge in [0.1, 0.15) is 0 Å². The number of amides is 1. The van der Waals surface area contributed by atoms with E-state index < -0.39 is 0 Å². The Kier molecular flexibility index (Phi) is 5.37. The van der Waals surface area contributed by atoms with E-state index in [1.54, 1.807) is 7.11 Å². The molecule has 116 valence electrons. The highest BCUT2D eigenvalue weighted by molar-refractivity contribution is 5.80. The van der Waals surface area contributed by atoms with Gasteiger partial charge >= 0.3 is 0 Å². The Bertz CT molecular complexity index is 485. The summed E-state index contributed by atoms with van der Waals surface area (Å²) >= 11 is 0. The summed E-state index contributed by atoms with van der Waals surface area (Å²) in [5.41, 5.74) is 8.11. The van der Waals surface area contributed by atoms with Gasteiger partial charge in [-0.25, -0.2) is 0 Å². The van der Waals surface area contributed by atoms with Gasteiger partial charge in [0.15, 0.2) is 0 Å². The van der Waals surface area contributed by atoms with Crippen molar-refractivity contribution < 1.29 is 9.53 Å². The van der Waals surface area contributed by atoms with Crippen molar-refractivity contribution in [3.8, 4) is 0 Å². The van der Waals surface area contributed by atoms with E-state index in [1.165, 1.54) is 0 Å². The van der Waals surface area contributed by atoms with Crippen LogP contribution in [0.2, 0.25) is 0 Å². The lowest BCUT2D eigenvalue weighted by molar-refractivity contribution is -0.128. The molecule has 4 heteroatoms. The number of ether oxygens (including phenoxy) is 1. The largest absolute Gasteiger partial charge is 0.380 e. The minimum atomic E-state index is -0.375. The van der Waals surface area contributed by atoms with E-state index in [2.05, 4.69) is 11.4 Å². The fourth-order valence-electron chi connectivity index (χ4n) is 3.10. The lowest BCUT2D eigenvalue weighted by Gasteiger charge is -2.37. The molecule has 1 fully saturated rings. The van der Waals surface area contributed by atoms with Crippen LogP contribution >= 0.6 is 0 Å². The van der Waals surface area contributed by atoms with Gasteiger partial charge in [-0.05, 0) is 30.9 Å². The second kappa shape index (κ2) is 7.05. The Morgan fingerprint density at radius 3 is 2.90 bits per heavy atom. The lowest BCUT2D eigenvalue weighted by Crippen LogP contribution is -2.52. The van der Waals surface area contributed by atoms with Crippen LogP contribution in [0.1, 0.15) is 43.7 Å². The molecule has 2 atom stereocenters. The van der Waals surface area contributed by atoms with E-state index in [9.17, 15) is 4.79 Å². The average Bonchev–Trinajstić information content (AvgIpc) is 2.45. The van der Waals surface area contributed by atoms with Gasteiger partial charge in [0, 0.05) is 19.2 Å². The van der Waals surface area contributed by atoms with E-state index >= 15 is 0 Å². The summed E-state index contributed by atoms with van der Waals surface area (Å²) in [6, 6.07) is 8.09. The number of hydrogen-bond donors (Lipinski definition) is 2. The Balaban J connectivity index is 1.93. The fourth-order valence-corrected chi connectivity index (χ4v) is 3.10. The Morgan fingerprint density at radius 2 is 2.19 bits per heavy atom. The first kappa shape index (κ1) is 16.0. The first-order chi connectivity index (χ1) is 10.0. The summed E-state index contributed by atoms with van der Waals surface area (Å²) in [4.78, 5) is 12.4. The van der Waals surface area contributed by atoms with Crippen molar-refractivity contribution in [1.82, 2.24) is 5.32 Å². The van der Waals surface area contributed by atoms with Gasteiger partial charge in [-0.2, -0.15) is 0 Å². The summed E-state index contributed by atoms with van der Waals surface area (Å²) in [6.45, 7) is 3.13. The zero-order valence-corrected chi connectivity index (χ0v) is 13.0. The van der Waals surface area contributed by atoms with Gasteiger partial charge in [0.25, 0.3) is 0 Å². The van der Waals surface area contributed by atoms with Crippen LogP contribution < -0.4 is 11.1 Å². The quantitative estimate of drug-likeness (QED) is 0.875. The molecule has 1 aromatic rings. The molecule has 0 saturated heterocycles. The van der Waals surface area contributed by atoms with E-state index in [1.807, 2.05) is 25.1 Å². The van der Waals surface area contributed by atoms with Crippen molar-refractivity contribution in [2.75, 3.05) is 7.11 Å². The molecule has 1 amide bonds. The van der Waals surface area contributed by atoms with Crippen LogP contribution in [0.5, 0.6) is 0 Å². The van der Waals surface area contributed by atoms with Crippen LogP contribution in [-0.4, -0.2) is 18.6 Å². The molecule has 0 aliphatic heterocycles. The number of nitrogens with one attached hydrogen (secondary N) is 1. The maximum Gasteiger partial charge on any atom is 0.225 e. The van der Waals surface area contributed by atoms with Gasteiger partial charge in [-0.15, -0.1) is 0 Å². The number of rotatable bonds is 5. The summed E-state index contributed by atoms with van der Waals surface area (Å²) in [5, 5.41) is 3.03. The van der Waals surface area contributed by atoms with Crippen molar-refractivity contribution in [3.05, 3.63) is 35.4 Å². The highest BCUT2D eigenvalue weighted by atomic mass is 16.5. The molecule has 0 spiro atoms. The zero-order valence-electron chi connectivity index (χ0n) is 13.0. The van der Waals surface area contributed by atoms with Gasteiger partial charge in [-0.1, -0.05) is 37.1 Å². The van der Waals surface area contributed by atoms with Crippen molar-refractivity contribution >= 4 is 5.91 Å². The predicted octanol–water partition coefficient (Wildman–Crippen LogP) is 2.36. The van der Waals surface area contributed by atoms with Crippen molar-refractivity contribution in [1.29, 1.82) is 0 Å². The molecule has 1 aliphatic carbocycles. The average molecular weight is 290 g/mol. The van der Waals surface area contributed by atoms with E-state index in [-0.39, 0.29) is 17.4 Å². The summed E-state index contributed by atoms with van der Waals surface area (Å²) in [7, 11) is 1.68. The van der Waals surface area contributed by atoms with Gasteiger partial charge in [-0.3, -0.25) is 4.79 Å². The van der Waals surface area contributed by atoms with Crippen molar-refractivity contribution in [2.24, 2.45) is 11.7 Å². The molecule has 2 rings (SSSR count). The Morgan fingerprint density at radius 1 is 1.43 bits per heavy atom. The van der Waals surface area contributed by atoms with E-state index in [0.717, 1.165) is 36.8 Å². The Hall–Kier alpha value is -1.39. The second-order valence-electron chi connectivity index (χ2n) is 6.27. The monoisotopic (exact) mass is 290 g/mol. The van der Waals surface area contributed by atoms with E-state index in [0.29, 0.717) is 13.2 Å². The van der Waals surface area contributed by atoms with Gasteiger partial charge < -0.3 is 15.8 Å². The van der Waals surface area contributed by atoms with Gasteiger partial charge in [0.2, 0.25) is 5.91 Å². The molecule has 0 radical (unpaired) electrons. The van der Waals surface area contributed by atoms with Crippen LogP contribution in [0.4, 0.5) is 0 Å².